The molecule has 1 aromatic carbocycles. The maximum atomic E-state index is 12.4. The Kier molecular flexibility index (Phi) is 4.79. The van der Waals surface area contributed by atoms with E-state index >= 15 is 0 Å². The summed E-state index contributed by atoms with van der Waals surface area (Å²) in [5.74, 6) is -0.0547. The topological polar surface area (TPSA) is 64.0 Å². The SMILES string of the molecule is CCc1ccc(C(=O)NC2CCc3nn(CC)c(=O)cc3C2)cc1. The molecule has 1 aliphatic rings. The molecule has 1 N–H and O–H groups in total. The highest BCUT2D eigenvalue weighted by molar-refractivity contribution is 5.94. The summed E-state index contributed by atoms with van der Waals surface area (Å²) in [6.45, 7) is 4.59. The highest BCUT2D eigenvalue weighted by atomic mass is 16.1. The second-order valence-corrected chi connectivity index (χ2v) is 6.23. The van der Waals surface area contributed by atoms with Gasteiger partial charge in [-0.2, -0.15) is 5.10 Å². The van der Waals surface area contributed by atoms with Crippen molar-refractivity contribution in [1.82, 2.24) is 15.1 Å². The number of hydrogen-bond donors (Lipinski definition) is 1. The van der Waals surface area contributed by atoms with E-state index in [0.29, 0.717) is 18.5 Å². The predicted molar refractivity (Wildman–Crippen MR) is 93.3 cm³/mol. The lowest BCUT2D eigenvalue weighted by Crippen LogP contribution is -2.40. The zero-order valence-electron chi connectivity index (χ0n) is 14.2. The monoisotopic (exact) mass is 325 g/mol. The highest BCUT2D eigenvalue weighted by Gasteiger charge is 2.22. The van der Waals surface area contributed by atoms with E-state index in [4.69, 9.17) is 0 Å². The van der Waals surface area contributed by atoms with Crippen molar-refractivity contribution in [3.05, 3.63) is 63.1 Å². The van der Waals surface area contributed by atoms with Gasteiger partial charge in [-0.25, -0.2) is 4.68 Å². The Balaban J connectivity index is 1.70. The largest absolute Gasteiger partial charge is 0.349 e. The summed E-state index contributed by atoms with van der Waals surface area (Å²) in [6.07, 6.45) is 3.26. The molecule has 1 heterocycles. The van der Waals surface area contributed by atoms with Crippen molar-refractivity contribution in [3.8, 4) is 0 Å². The van der Waals surface area contributed by atoms with Crippen LogP contribution in [-0.4, -0.2) is 21.7 Å². The van der Waals surface area contributed by atoms with Crippen LogP contribution in [0, 0.1) is 0 Å². The smallest absolute Gasteiger partial charge is 0.267 e. The van der Waals surface area contributed by atoms with E-state index in [9.17, 15) is 9.59 Å². The fourth-order valence-corrected chi connectivity index (χ4v) is 3.14. The molecule has 1 aliphatic carbocycles. The maximum absolute atomic E-state index is 12.4. The Bertz CT molecular complexity index is 793. The van der Waals surface area contributed by atoms with Gasteiger partial charge in [-0.1, -0.05) is 19.1 Å². The number of nitrogens with one attached hydrogen (secondary N) is 1. The quantitative estimate of drug-likeness (QED) is 0.936. The Morgan fingerprint density at radius 1 is 1.29 bits per heavy atom. The first kappa shape index (κ1) is 16.4. The van der Waals surface area contributed by atoms with Gasteiger partial charge in [0.2, 0.25) is 0 Å². The van der Waals surface area contributed by atoms with Crippen molar-refractivity contribution < 1.29 is 4.79 Å². The predicted octanol–water partition coefficient (Wildman–Crippen LogP) is 2.11. The fourth-order valence-electron chi connectivity index (χ4n) is 3.14. The van der Waals surface area contributed by atoms with Crippen LogP contribution in [0.2, 0.25) is 0 Å². The first-order chi connectivity index (χ1) is 11.6. The second kappa shape index (κ2) is 6.99. The van der Waals surface area contributed by atoms with E-state index in [1.165, 1.54) is 10.2 Å². The number of aryl methyl sites for hydroxylation is 3. The third kappa shape index (κ3) is 3.40. The highest BCUT2D eigenvalue weighted by Crippen LogP contribution is 2.18. The lowest BCUT2D eigenvalue weighted by Gasteiger charge is -2.25. The molecule has 1 amide bonds. The minimum Gasteiger partial charge on any atom is -0.349 e. The van der Waals surface area contributed by atoms with Gasteiger partial charge < -0.3 is 5.32 Å². The molecule has 2 aromatic rings. The average molecular weight is 325 g/mol. The summed E-state index contributed by atoms with van der Waals surface area (Å²) in [7, 11) is 0. The molecule has 1 atom stereocenters. The number of carbonyl (C=O) groups is 1. The molecular formula is C19H23N3O2. The van der Waals surface area contributed by atoms with E-state index in [0.717, 1.165) is 30.5 Å². The Morgan fingerprint density at radius 2 is 2.04 bits per heavy atom. The van der Waals surface area contributed by atoms with Crippen molar-refractivity contribution in [2.75, 3.05) is 0 Å². The molecule has 0 spiro atoms. The van der Waals surface area contributed by atoms with Crippen LogP contribution in [-0.2, 0) is 25.8 Å². The molecule has 0 aliphatic heterocycles. The molecule has 5 heteroatoms. The van der Waals surface area contributed by atoms with Crippen LogP contribution >= 0.6 is 0 Å². The van der Waals surface area contributed by atoms with Gasteiger partial charge in [0, 0.05) is 24.2 Å². The molecule has 0 saturated carbocycles. The molecule has 5 nitrogen and oxygen atoms in total. The Hall–Kier alpha value is -2.43. The fraction of sp³-hybridized carbons (Fsp3) is 0.421. The number of hydrogen-bond acceptors (Lipinski definition) is 3. The van der Waals surface area contributed by atoms with Gasteiger partial charge >= 0.3 is 0 Å². The third-order valence-electron chi connectivity index (χ3n) is 4.62. The lowest BCUT2D eigenvalue weighted by molar-refractivity contribution is 0.0933. The summed E-state index contributed by atoms with van der Waals surface area (Å²) >= 11 is 0. The van der Waals surface area contributed by atoms with Gasteiger partial charge in [0.15, 0.2) is 0 Å². The van der Waals surface area contributed by atoms with E-state index in [2.05, 4.69) is 17.3 Å². The zero-order chi connectivity index (χ0) is 17.1. The van der Waals surface area contributed by atoms with Gasteiger partial charge in [-0.3, -0.25) is 9.59 Å². The molecule has 1 aromatic heterocycles. The van der Waals surface area contributed by atoms with Crippen molar-refractivity contribution in [3.63, 3.8) is 0 Å². The molecule has 3 rings (SSSR count). The number of rotatable bonds is 4. The van der Waals surface area contributed by atoms with Gasteiger partial charge in [-0.15, -0.1) is 0 Å². The van der Waals surface area contributed by atoms with Crippen molar-refractivity contribution in [1.29, 1.82) is 0 Å². The van der Waals surface area contributed by atoms with Gasteiger partial charge in [0.1, 0.15) is 0 Å². The van der Waals surface area contributed by atoms with E-state index in [1.807, 2.05) is 31.2 Å². The first-order valence-electron chi connectivity index (χ1n) is 8.60. The number of aromatic nitrogens is 2. The molecule has 1 unspecified atom stereocenters. The second-order valence-electron chi connectivity index (χ2n) is 6.23. The van der Waals surface area contributed by atoms with Crippen LogP contribution in [0.5, 0.6) is 0 Å². The number of benzene rings is 1. The average Bonchev–Trinajstić information content (AvgIpc) is 2.61. The summed E-state index contributed by atoms with van der Waals surface area (Å²) in [6, 6.07) is 9.43. The lowest BCUT2D eigenvalue weighted by atomic mass is 9.92. The van der Waals surface area contributed by atoms with Gasteiger partial charge in [-0.05, 0) is 55.9 Å². The number of fused-ring (bicyclic) bond motifs is 1. The minimum atomic E-state index is -0.0709. The number of amides is 1. The first-order valence-corrected chi connectivity index (χ1v) is 8.60. The van der Waals surface area contributed by atoms with Gasteiger partial charge in [0.25, 0.3) is 11.5 Å². The van der Waals surface area contributed by atoms with E-state index in [1.54, 1.807) is 6.07 Å². The van der Waals surface area contributed by atoms with Crippen LogP contribution in [0.1, 0.15) is 47.4 Å². The summed E-state index contributed by atoms with van der Waals surface area (Å²) in [5, 5.41) is 7.50. The van der Waals surface area contributed by atoms with Gasteiger partial charge in [0.05, 0.1) is 5.69 Å². The molecule has 24 heavy (non-hydrogen) atoms. The Morgan fingerprint density at radius 3 is 2.71 bits per heavy atom. The standard InChI is InChI=1S/C19H23N3O2/c1-3-13-5-7-14(8-6-13)19(24)20-16-9-10-17-15(11-16)12-18(23)22(4-2)21-17/h5-8,12,16H,3-4,9-11H2,1-2H3,(H,20,24). The van der Waals surface area contributed by atoms with Crippen molar-refractivity contribution in [2.45, 2.75) is 52.1 Å². The summed E-state index contributed by atoms with van der Waals surface area (Å²) in [4.78, 5) is 24.3. The molecular weight excluding hydrogens is 302 g/mol. The van der Waals surface area contributed by atoms with E-state index in [-0.39, 0.29) is 17.5 Å². The normalized spacial score (nSPS) is 16.5. The number of nitrogens with zero attached hydrogens (tertiary/aromatic N) is 2. The van der Waals surface area contributed by atoms with Crippen LogP contribution in [0.25, 0.3) is 0 Å². The Labute approximate surface area is 141 Å². The summed E-state index contributed by atoms with van der Waals surface area (Å²) < 4.78 is 1.49. The van der Waals surface area contributed by atoms with Crippen LogP contribution in [0.15, 0.2) is 35.1 Å². The van der Waals surface area contributed by atoms with Crippen molar-refractivity contribution in [2.24, 2.45) is 0 Å². The molecule has 126 valence electrons. The van der Waals surface area contributed by atoms with Crippen LogP contribution in [0.3, 0.4) is 0 Å². The van der Waals surface area contributed by atoms with E-state index < -0.39 is 0 Å². The molecule has 0 saturated heterocycles. The van der Waals surface area contributed by atoms with Crippen LogP contribution in [0.4, 0.5) is 0 Å². The minimum absolute atomic E-state index is 0.0505. The van der Waals surface area contributed by atoms with Crippen LogP contribution < -0.4 is 10.9 Å². The summed E-state index contributed by atoms with van der Waals surface area (Å²) in [5.41, 5.74) is 3.77. The molecule has 0 bridgehead atoms. The van der Waals surface area contributed by atoms with Crippen molar-refractivity contribution >= 4 is 5.91 Å². The zero-order valence-corrected chi connectivity index (χ0v) is 14.2. The molecule has 0 fully saturated rings. The number of carbonyl (C=O) groups excluding carboxylic acids is 1. The third-order valence-corrected chi connectivity index (χ3v) is 4.62. The molecule has 0 radical (unpaired) electrons. The maximum Gasteiger partial charge on any atom is 0.267 e.